The summed E-state index contributed by atoms with van der Waals surface area (Å²) in [7, 11) is 0. The maximum Gasteiger partial charge on any atom is 0.315 e. The molecule has 1 spiro atoms. The maximum absolute atomic E-state index is 14.1. The molecule has 0 radical (unpaired) electrons. The summed E-state index contributed by atoms with van der Waals surface area (Å²) in [4.78, 5) is 33.2. The minimum atomic E-state index is -0.528. The molecule has 2 bridgehead atoms. The third-order valence-electron chi connectivity index (χ3n) is 10.5. The molecule has 2 atom stereocenters. The van der Waals surface area contributed by atoms with Crippen LogP contribution in [-0.2, 0) is 23.1 Å². The predicted octanol–water partition coefficient (Wildman–Crippen LogP) is 5.12. The van der Waals surface area contributed by atoms with E-state index in [0.29, 0.717) is 12.3 Å². The lowest BCUT2D eigenvalue weighted by Gasteiger charge is -2.45. The fourth-order valence-electron chi connectivity index (χ4n) is 8.26. The number of amides is 2. The van der Waals surface area contributed by atoms with E-state index in [9.17, 15) is 9.59 Å². The fourth-order valence-corrected chi connectivity index (χ4v) is 8.26. The Kier molecular flexibility index (Phi) is 6.46. The van der Waals surface area contributed by atoms with Gasteiger partial charge in [-0.15, -0.1) is 0 Å². The zero-order valence-corrected chi connectivity index (χ0v) is 22.8. The molecule has 1 saturated carbocycles. The number of piperidine rings is 3. The predicted molar refractivity (Wildman–Crippen MR) is 154 cm³/mol. The lowest BCUT2D eigenvalue weighted by atomic mass is 9.66. The van der Waals surface area contributed by atoms with Crippen LogP contribution in [0.15, 0.2) is 54.7 Å². The van der Waals surface area contributed by atoms with Crippen molar-refractivity contribution >= 4 is 22.7 Å². The molecular weight excluding hydrogens is 484 g/mol. The van der Waals surface area contributed by atoms with Gasteiger partial charge in [-0.25, -0.2) is 4.79 Å². The fraction of sp³-hybridized carbons (Fsp3) is 0.515. The van der Waals surface area contributed by atoms with Crippen LogP contribution in [0.2, 0.25) is 0 Å². The smallest absolute Gasteiger partial charge is 0.315 e. The summed E-state index contributed by atoms with van der Waals surface area (Å²) in [6.07, 6.45) is 11.1. The second-order valence-corrected chi connectivity index (χ2v) is 12.6. The monoisotopic (exact) mass is 524 g/mol. The third-order valence-corrected chi connectivity index (χ3v) is 10.5. The highest BCUT2D eigenvalue weighted by atomic mass is 16.2. The van der Waals surface area contributed by atoms with E-state index in [1.165, 1.54) is 17.5 Å². The number of carbonyl (C=O) groups excluding carboxylic acids is 2. The first-order chi connectivity index (χ1) is 19.1. The summed E-state index contributed by atoms with van der Waals surface area (Å²) in [5.41, 5.74) is 5.39. The topological polar surface area (TPSA) is 77.2 Å². The molecule has 5 aliphatic rings. The van der Waals surface area contributed by atoms with Crippen LogP contribution >= 0.6 is 0 Å². The molecule has 204 valence electrons. The number of aryl methyl sites for hydroxylation is 1. The molecule has 39 heavy (non-hydrogen) atoms. The third kappa shape index (κ3) is 4.67. The number of carbonyl (C=O) groups is 2. The van der Waals surface area contributed by atoms with Crippen molar-refractivity contribution in [1.82, 2.24) is 20.5 Å². The highest BCUT2D eigenvalue weighted by Crippen LogP contribution is 2.50. The molecule has 8 rings (SSSR count). The normalized spacial score (nSPS) is 30.3. The Morgan fingerprint density at radius 3 is 2.54 bits per heavy atom. The summed E-state index contributed by atoms with van der Waals surface area (Å²) in [6.45, 7) is 3.20. The van der Waals surface area contributed by atoms with Crippen molar-refractivity contribution in [3.63, 3.8) is 0 Å². The second kappa shape index (κ2) is 10.1. The average molecular weight is 525 g/mol. The first-order valence-electron chi connectivity index (χ1n) is 15.0. The molecule has 3 aromatic rings. The molecule has 4 heterocycles. The van der Waals surface area contributed by atoms with Gasteiger partial charge >= 0.3 is 6.03 Å². The lowest BCUT2D eigenvalue weighted by Crippen LogP contribution is -2.60. The molecule has 3 aliphatic heterocycles. The summed E-state index contributed by atoms with van der Waals surface area (Å²) in [6, 6.07) is 16.6. The standard InChI is InChI=1S/C33H40N4O2/c38-31(24-10-15-33(16-11-24)14-9-22-5-1-3-7-27(22)33)29(19-25-20-34-28-8-4-2-6-26(25)28)35-32(39)36-30-21-37-17-12-23(30)13-18-37/h1-8,20,23-24,29-30,34H,9-19,21H2,(H2,35,36,39). The number of nitrogens with one attached hydrogen (secondary N) is 3. The molecule has 2 amide bonds. The van der Waals surface area contributed by atoms with Gasteiger partial charge in [0.1, 0.15) is 0 Å². The van der Waals surface area contributed by atoms with Crippen molar-refractivity contribution in [2.75, 3.05) is 19.6 Å². The SMILES string of the molecule is O=C(NC(Cc1c[nH]c2ccccc12)C(=O)C1CCC2(CCc3ccccc32)CC1)NC1CN2CCC1CC2. The van der Waals surface area contributed by atoms with E-state index >= 15 is 0 Å². The molecule has 6 heteroatoms. The molecule has 2 aromatic carbocycles. The number of Topliss-reactive ketones (excluding diaryl/α,β-unsaturated/α-hetero) is 1. The van der Waals surface area contributed by atoms with Crippen molar-refractivity contribution in [2.45, 2.75) is 75.3 Å². The lowest BCUT2D eigenvalue weighted by molar-refractivity contribution is -0.126. The number of rotatable bonds is 6. The summed E-state index contributed by atoms with van der Waals surface area (Å²) < 4.78 is 0. The first kappa shape index (κ1) is 24.9. The van der Waals surface area contributed by atoms with Gasteiger partial charge in [0.2, 0.25) is 0 Å². The minimum absolute atomic E-state index is 0.00398. The number of aromatic nitrogens is 1. The Balaban J connectivity index is 1.07. The zero-order chi connectivity index (χ0) is 26.4. The van der Waals surface area contributed by atoms with Crippen molar-refractivity contribution in [3.05, 3.63) is 71.4 Å². The van der Waals surface area contributed by atoms with Gasteiger partial charge in [-0.3, -0.25) is 4.79 Å². The van der Waals surface area contributed by atoms with Gasteiger partial charge in [0, 0.05) is 42.0 Å². The van der Waals surface area contributed by atoms with Crippen LogP contribution in [0, 0.1) is 11.8 Å². The van der Waals surface area contributed by atoms with Crippen LogP contribution in [0.25, 0.3) is 10.9 Å². The average Bonchev–Trinajstić information content (AvgIpc) is 3.55. The molecular formula is C33H40N4O2. The molecule has 6 nitrogen and oxygen atoms in total. The number of fused-ring (bicyclic) bond motifs is 6. The Morgan fingerprint density at radius 2 is 1.74 bits per heavy atom. The van der Waals surface area contributed by atoms with Crippen LogP contribution < -0.4 is 10.6 Å². The Morgan fingerprint density at radius 1 is 0.974 bits per heavy atom. The van der Waals surface area contributed by atoms with Gasteiger partial charge in [-0.1, -0.05) is 42.5 Å². The van der Waals surface area contributed by atoms with Gasteiger partial charge in [0.15, 0.2) is 5.78 Å². The zero-order valence-electron chi connectivity index (χ0n) is 22.8. The van der Waals surface area contributed by atoms with Gasteiger partial charge in [-0.05, 0) is 98.5 Å². The van der Waals surface area contributed by atoms with Crippen molar-refractivity contribution in [2.24, 2.45) is 11.8 Å². The molecule has 4 fully saturated rings. The maximum atomic E-state index is 14.1. The molecule has 3 N–H and O–H groups in total. The van der Waals surface area contributed by atoms with Crippen LogP contribution in [0.5, 0.6) is 0 Å². The van der Waals surface area contributed by atoms with E-state index in [1.807, 2.05) is 18.3 Å². The van der Waals surface area contributed by atoms with E-state index < -0.39 is 6.04 Å². The Labute approximate surface area is 230 Å². The quantitative estimate of drug-likeness (QED) is 0.419. The second-order valence-electron chi connectivity index (χ2n) is 12.6. The molecule has 1 aromatic heterocycles. The van der Waals surface area contributed by atoms with Crippen molar-refractivity contribution in [1.29, 1.82) is 0 Å². The Hall–Kier alpha value is -3.12. The minimum Gasteiger partial charge on any atom is -0.361 e. The molecule has 2 aliphatic carbocycles. The van der Waals surface area contributed by atoms with Gasteiger partial charge in [0.05, 0.1) is 6.04 Å². The van der Waals surface area contributed by atoms with Crippen LogP contribution in [0.3, 0.4) is 0 Å². The van der Waals surface area contributed by atoms with Crippen molar-refractivity contribution in [3.8, 4) is 0 Å². The molecule has 3 saturated heterocycles. The Bertz CT molecular complexity index is 1360. The number of para-hydroxylation sites is 1. The highest BCUT2D eigenvalue weighted by Gasteiger charge is 2.44. The number of hydrogen-bond acceptors (Lipinski definition) is 3. The van der Waals surface area contributed by atoms with Crippen LogP contribution in [-0.4, -0.2) is 53.4 Å². The van der Waals surface area contributed by atoms with E-state index in [-0.39, 0.29) is 29.2 Å². The van der Waals surface area contributed by atoms with Gasteiger partial charge < -0.3 is 20.5 Å². The number of nitrogens with zero attached hydrogens (tertiary/aromatic N) is 1. The molecule has 2 unspecified atom stereocenters. The number of aromatic amines is 1. The number of urea groups is 1. The number of benzene rings is 2. The summed E-state index contributed by atoms with van der Waals surface area (Å²) in [5.74, 6) is 0.744. The first-order valence-corrected chi connectivity index (χ1v) is 15.0. The van der Waals surface area contributed by atoms with Gasteiger partial charge in [-0.2, -0.15) is 0 Å². The number of hydrogen-bond donors (Lipinski definition) is 3. The van der Waals surface area contributed by atoms with E-state index in [4.69, 9.17) is 0 Å². The number of ketones is 1. The van der Waals surface area contributed by atoms with Crippen LogP contribution in [0.1, 0.15) is 61.6 Å². The van der Waals surface area contributed by atoms with Gasteiger partial charge in [0.25, 0.3) is 0 Å². The summed E-state index contributed by atoms with van der Waals surface area (Å²) >= 11 is 0. The van der Waals surface area contributed by atoms with E-state index in [0.717, 1.165) is 81.0 Å². The van der Waals surface area contributed by atoms with Crippen molar-refractivity contribution < 1.29 is 9.59 Å². The number of H-pyrrole nitrogens is 1. The van der Waals surface area contributed by atoms with E-state index in [1.54, 1.807) is 0 Å². The largest absolute Gasteiger partial charge is 0.361 e. The van der Waals surface area contributed by atoms with E-state index in [2.05, 4.69) is 56.9 Å². The highest BCUT2D eigenvalue weighted by molar-refractivity contribution is 5.92. The van der Waals surface area contributed by atoms with Crippen LogP contribution in [0.4, 0.5) is 4.79 Å². The summed E-state index contributed by atoms with van der Waals surface area (Å²) in [5, 5.41) is 7.55.